The Labute approximate surface area is 98.4 Å². The number of imide groups is 1. The maximum atomic E-state index is 11.5. The average molecular weight is 252 g/mol. The second-order valence-corrected chi connectivity index (χ2v) is 3.25. The number of carbonyl (C=O) groups excluding carboxylic acids is 2. The first-order valence-corrected chi connectivity index (χ1v) is 4.60. The van der Waals surface area contributed by atoms with Crippen LogP contribution in [0.4, 0.5) is 4.79 Å². The Hall–Kier alpha value is -1.34. The molecule has 1 aliphatic heterocycles. The predicted octanol–water partition coefficient (Wildman–Crippen LogP) is -0.848. The lowest BCUT2D eigenvalue weighted by Gasteiger charge is -2.09. The lowest BCUT2D eigenvalue weighted by atomic mass is 10.1. The number of hydrogen-bond donors (Lipinski definition) is 3. The lowest BCUT2D eigenvalue weighted by Crippen LogP contribution is -2.36. The fourth-order valence-corrected chi connectivity index (χ4v) is 1.38. The van der Waals surface area contributed by atoms with E-state index in [-0.39, 0.29) is 12.4 Å². The Morgan fingerprint density at radius 1 is 1.50 bits per heavy atom. The van der Waals surface area contributed by atoms with E-state index in [1.807, 2.05) is 0 Å². The van der Waals surface area contributed by atoms with E-state index >= 15 is 0 Å². The van der Waals surface area contributed by atoms with Crippen LogP contribution in [-0.2, 0) is 9.59 Å². The summed E-state index contributed by atoms with van der Waals surface area (Å²) in [7, 11) is 0. The van der Waals surface area contributed by atoms with Gasteiger partial charge in [0.15, 0.2) is 0 Å². The zero-order chi connectivity index (χ0) is 11.4. The number of urea groups is 1. The molecule has 4 N–H and O–H groups in total. The van der Waals surface area contributed by atoms with E-state index in [1.54, 1.807) is 0 Å². The number of hydrogen-bond acceptors (Lipinski definition) is 4. The molecule has 16 heavy (non-hydrogen) atoms. The molecule has 1 fully saturated rings. The standard InChI is InChI=1S/C8H13N3O4.ClH/c9-3-1-2-5-7(14)11(4-6(12)13)8(15)10-5;/h5H,1-4,9H2,(H,10,15)(H,12,13);1H. The second kappa shape index (κ2) is 6.29. The molecule has 0 bridgehead atoms. The summed E-state index contributed by atoms with van der Waals surface area (Å²) in [5, 5.41) is 10.9. The normalized spacial score (nSPS) is 19.3. The third kappa shape index (κ3) is 3.35. The molecule has 0 saturated carbocycles. The van der Waals surface area contributed by atoms with Crippen molar-refractivity contribution in [1.29, 1.82) is 0 Å². The highest BCUT2D eigenvalue weighted by Crippen LogP contribution is 2.10. The van der Waals surface area contributed by atoms with Crippen LogP contribution in [0, 0.1) is 0 Å². The highest BCUT2D eigenvalue weighted by Gasteiger charge is 2.38. The molecule has 0 aromatic rings. The maximum absolute atomic E-state index is 11.5. The Balaban J connectivity index is 0.00000225. The first-order valence-electron chi connectivity index (χ1n) is 4.60. The van der Waals surface area contributed by atoms with Gasteiger partial charge in [0.2, 0.25) is 0 Å². The van der Waals surface area contributed by atoms with E-state index < -0.39 is 30.5 Å². The molecular formula is C8H14ClN3O4. The topological polar surface area (TPSA) is 113 Å². The summed E-state index contributed by atoms with van der Waals surface area (Å²) in [5.41, 5.74) is 5.27. The minimum Gasteiger partial charge on any atom is -0.480 e. The van der Waals surface area contributed by atoms with Crippen LogP contribution in [0.2, 0.25) is 0 Å². The number of halogens is 1. The minimum absolute atomic E-state index is 0. The molecule has 1 saturated heterocycles. The highest BCUT2D eigenvalue weighted by molar-refractivity contribution is 6.05. The summed E-state index contributed by atoms with van der Waals surface area (Å²) in [5.74, 6) is -1.70. The number of carboxylic acid groups (broad SMARTS) is 1. The summed E-state index contributed by atoms with van der Waals surface area (Å²) >= 11 is 0. The van der Waals surface area contributed by atoms with Gasteiger partial charge < -0.3 is 16.2 Å². The van der Waals surface area contributed by atoms with Crippen molar-refractivity contribution in [3.8, 4) is 0 Å². The van der Waals surface area contributed by atoms with Crippen molar-refractivity contribution in [2.45, 2.75) is 18.9 Å². The van der Waals surface area contributed by atoms with E-state index in [2.05, 4.69) is 5.32 Å². The fourth-order valence-electron chi connectivity index (χ4n) is 1.38. The van der Waals surface area contributed by atoms with E-state index in [1.165, 1.54) is 0 Å². The lowest BCUT2D eigenvalue weighted by molar-refractivity contribution is -0.141. The Morgan fingerprint density at radius 3 is 2.62 bits per heavy atom. The predicted molar refractivity (Wildman–Crippen MR) is 57.2 cm³/mol. The Bertz CT molecular complexity index is 297. The molecule has 0 aromatic heterocycles. The van der Waals surface area contributed by atoms with Gasteiger partial charge in [-0.1, -0.05) is 0 Å². The molecule has 3 amide bonds. The van der Waals surface area contributed by atoms with Gasteiger partial charge in [-0.05, 0) is 19.4 Å². The third-order valence-electron chi connectivity index (χ3n) is 2.10. The second-order valence-electron chi connectivity index (χ2n) is 3.25. The molecule has 0 spiro atoms. The van der Waals surface area contributed by atoms with E-state index in [0.29, 0.717) is 24.3 Å². The van der Waals surface area contributed by atoms with Crippen LogP contribution in [0.15, 0.2) is 0 Å². The van der Waals surface area contributed by atoms with Crippen molar-refractivity contribution in [3.63, 3.8) is 0 Å². The van der Waals surface area contributed by atoms with Gasteiger partial charge in [-0.15, -0.1) is 12.4 Å². The quantitative estimate of drug-likeness (QED) is 0.551. The summed E-state index contributed by atoms with van der Waals surface area (Å²) in [6.07, 6.45) is 1.05. The largest absolute Gasteiger partial charge is 0.480 e. The van der Waals surface area contributed by atoms with Crippen molar-refractivity contribution in [1.82, 2.24) is 10.2 Å². The molecular weight excluding hydrogens is 238 g/mol. The molecule has 1 aliphatic rings. The summed E-state index contributed by atoms with van der Waals surface area (Å²) in [6, 6.07) is -1.27. The van der Waals surface area contributed by atoms with Gasteiger partial charge >= 0.3 is 12.0 Å². The van der Waals surface area contributed by atoms with Crippen molar-refractivity contribution >= 4 is 30.3 Å². The summed E-state index contributed by atoms with van der Waals surface area (Å²) in [4.78, 5) is 33.8. The van der Waals surface area contributed by atoms with Gasteiger partial charge in [0.05, 0.1) is 0 Å². The van der Waals surface area contributed by atoms with Gasteiger partial charge in [0.25, 0.3) is 5.91 Å². The van der Waals surface area contributed by atoms with Crippen LogP contribution in [0.25, 0.3) is 0 Å². The van der Waals surface area contributed by atoms with Gasteiger partial charge in [-0.2, -0.15) is 0 Å². The fraction of sp³-hybridized carbons (Fsp3) is 0.625. The van der Waals surface area contributed by atoms with Gasteiger partial charge in [-0.25, -0.2) is 4.79 Å². The van der Waals surface area contributed by atoms with Crippen molar-refractivity contribution in [3.05, 3.63) is 0 Å². The molecule has 0 aliphatic carbocycles. The number of aliphatic carboxylic acids is 1. The van der Waals surface area contributed by atoms with E-state index in [9.17, 15) is 14.4 Å². The number of carbonyl (C=O) groups is 3. The molecule has 0 radical (unpaired) electrons. The molecule has 1 atom stereocenters. The zero-order valence-corrected chi connectivity index (χ0v) is 9.33. The van der Waals surface area contributed by atoms with E-state index in [0.717, 1.165) is 0 Å². The number of nitrogens with two attached hydrogens (primary N) is 1. The number of amides is 3. The van der Waals surface area contributed by atoms with E-state index in [4.69, 9.17) is 10.8 Å². The van der Waals surface area contributed by atoms with Crippen LogP contribution in [0.1, 0.15) is 12.8 Å². The van der Waals surface area contributed by atoms with Crippen molar-refractivity contribution < 1.29 is 19.5 Å². The first kappa shape index (κ1) is 14.7. The van der Waals surface area contributed by atoms with Gasteiger partial charge in [0, 0.05) is 0 Å². The molecule has 92 valence electrons. The van der Waals surface area contributed by atoms with Gasteiger partial charge in [-0.3, -0.25) is 14.5 Å². The van der Waals surface area contributed by atoms with Crippen LogP contribution in [0.5, 0.6) is 0 Å². The van der Waals surface area contributed by atoms with Crippen molar-refractivity contribution in [2.24, 2.45) is 5.73 Å². The molecule has 1 rings (SSSR count). The molecule has 7 nitrogen and oxygen atoms in total. The maximum Gasteiger partial charge on any atom is 0.325 e. The Morgan fingerprint density at radius 2 is 2.12 bits per heavy atom. The van der Waals surface area contributed by atoms with Crippen molar-refractivity contribution in [2.75, 3.05) is 13.1 Å². The highest BCUT2D eigenvalue weighted by atomic mass is 35.5. The third-order valence-corrected chi connectivity index (χ3v) is 2.10. The zero-order valence-electron chi connectivity index (χ0n) is 8.51. The first-order chi connectivity index (χ1) is 7.06. The molecule has 1 heterocycles. The SMILES string of the molecule is Cl.NCCCC1NC(=O)N(CC(=O)O)C1=O. The number of nitrogens with zero attached hydrogens (tertiary/aromatic N) is 1. The van der Waals surface area contributed by atoms with Crippen LogP contribution >= 0.6 is 12.4 Å². The van der Waals surface area contributed by atoms with Crippen LogP contribution in [0.3, 0.4) is 0 Å². The number of rotatable bonds is 5. The average Bonchev–Trinajstić information content (AvgIpc) is 2.42. The monoisotopic (exact) mass is 251 g/mol. The van der Waals surface area contributed by atoms with Gasteiger partial charge in [0.1, 0.15) is 12.6 Å². The number of carboxylic acids is 1. The molecule has 0 aromatic carbocycles. The van der Waals surface area contributed by atoms with Crippen LogP contribution < -0.4 is 11.1 Å². The Kier molecular flexibility index (Phi) is 5.76. The van der Waals surface area contributed by atoms with Crippen LogP contribution in [-0.4, -0.2) is 47.0 Å². The molecule has 1 unspecified atom stereocenters. The summed E-state index contributed by atoms with van der Waals surface area (Å²) in [6.45, 7) is -0.164. The minimum atomic E-state index is -1.21. The summed E-state index contributed by atoms with van der Waals surface area (Å²) < 4.78 is 0. The number of nitrogens with one attached hydrogen (secondary N) is 1. The smallest absolute Gasteiger partial charge is 0.325 e. The molecule has 8 heteroatoms.